The number of hydrogen-bond donors (Lipinski definition) is 0. The molecule has 0 aromatic heterocycles. The quantitative estimate of drug-likeness (QED) is 0.626. The van der Waals surface area contributed by atoms with Crippen LogP contribution in [0.3, 0.4) is 0 Å². The van der Waals surface area contributed by atoms with E-state index in [0.717, 1.165) is 0 Å². The Labute approximate surface area is 70.7 Å². The Kier molecular flexibility index (Phi) is 5.64. The monoisotopic (exact) mass is 184 g/mol. The Hall–Kier alpha value is -0.0800. The summed E-state index contributed by atoms with van der Waals surface area (Å²) in [5.74, 6) is 0.202. The lowest BCUT2D eigenvalue weighted by atomic mass is 10.8. The van der Waals surface area contributed by atoms with E-state index in [-0.39, 0.29) is 10.4 Å². The second-order valence-corrected chi connectivity index (χ2v) is 2.36. The molecule has 0 radical (unpaired) electrons. The smallest absolute Gasteiger partial charge is 0.310 e. The molecule has 0 aliphatic rings. The summed E-state index contributed by atoms with van der Waals surface area (Å²) in [5, 5.41) is 0. The molecule has 0 rings (SSSR count). The molecule has 0 aliphatic heterocycles. The van der Waals surface area contributed by atoms with Gasteiger partial charge in [0.25, 0.3) is 0 Å². The first kappa shape index (κ1) is 9.92. The van der Waals surface area contributed by atoms with Crippen molar-refractivity contribution in [1.82, 2.24) is 0 Å². The second-order valence-electron chi connectivity index (χ2n) is 1.41. The fraction of sp³-hybridized carbons (Fsp3) is 0.667. The molecule has 10 heavy (non-hydrogen) atoms. The van der Waals surface area contributed by atoms with Gasteiger partial charge in [0.15, 0.2) is 4.49 Å². The molecule has 4 heteroatoms. The van der Waals surface area contributed by atoms with Crippen LogP contribution in [0.25, 0.3) is 0 Å². The van der Waals surface area contributed by atoms with Crippen molar-refractivity contribution < 1.29 is 9.47 Å². The van der Waals surface area contributed by atoms with Crippen LogP contribution in [0.15, 0.2) is 10.4 Å². The van der Waals surface area contributed by atoms with E-state index in [4.69, 9.17) is 32.7 Å². The van der Waals surface area contributed by atoms with Crippen LogP contribution in [0.4, 0.5) is 0 Å². The first-order valence-electron chi connectivity index (χ1n) is 3.03. The van der Waals surface area contributed by atoms with E-state index in [2.05, 4.69) is 0 Å². The molecule has 0 saturated carbocycles. The zero-order valence-corrected chi connectivity index (χ0v) is 7.50. The molecule has 0 atom stereocenters. The summed E-state index contributed by atoms with van der Waals surface area (Å²) in [6.45, 7) is 4.65. The molecule has 2 nitrogen and oxygen atoms in total. The van der Waals surface area contributed by atoms with Crippen LogP contribution in [0.2, 0.25) is 0 Å². The zero-order chi connectivity index (χ0) is 7.98. The standard InChI is InChI=1S/C6H10Cl2O2/c1-3-9-6(5(7)8)10-4-2/h3-4H2,1-2H3. The topological polar surface area (TPSA) is 18.5 Å². The summed E-state index contributed by atoms with van der Waals surface area (Å²) < 4.78 is 9.91. The summed E-state index contributed by atoms with van der Waals surface area (Å²) in [5.41, 5.74) is 0. The lowest BCUT2D eigenvalue weighted by Gasteiger charge is -2.07. The number of halogens is 2. The molecule has 0 fully saturated rings. The van der Waals surface area contributed by atoms with Crippen LogP contribution in [0.5, 0.6) is 0 Å². The fourth-order valence-electron chi connectivity index (χ4n) is 0.413. The van der Waals surface area contributed by atoms with E-state index in [0.29, 0.717) is 13.2 Å². The van der Waals surface area contributed by atoms with Crippen LogP contribution >= 0.6 is 23.2 Å². The normalized spacial score (nSPS) is 8.80. The lowest BCUT2D eigenvalue weighted by molar-refractivity contribution is 0.0466. The fourth-order valence-corrected chi connectivity index (χ4v) is 0.631. The highest BCUT2D eigenvalue weighted by molar-refractivity contribution is 6.56. The minimum atomic E-state index is 0.0312. The van der Waals surface area contributed by atoms with Crippen molar-refractivity contribution in [2.75, 3.05) is 13.2 Å². The predicted molar refractivity (Wildman–Crippen MR) is 42.0 cm³/mol. The van der Waals surface area contributed by atoms with Crippen LogP contribution in [-0.2, 0) is 9.47 Å². The predicted octanol–water partition coefficient (Wildman–Crippen LogP) is 2.66. The number of hydrogen-bond acceptors (Lipinski definition) is 2. The minimum Gasteiger partial charge on any atom is -0.464 e. The SMILES string of the molecule is CCOC(OCC)=C(Cl)Cl. The average Bonchev–Trinajstić information content (AvgIpc) is 1.87. The maximum Gasteiger partial charge on any atom is 0.310 e. The van der Waals surface area contributed by atoms with Crippen LogP contribution in [0, 0.1) is 0 Å². The van der Waals surface area contributed by atoms with Gasteiger partial charge in [-0.1, -0.05) is 23.2 Å². The Morgan fingerprint density at radius 1 is 1.10 bits per heavy atom. The van der Waals surface area contributed by atoms with Gasteiger partial charge in [0.05, 0.1) is 13.2 Å². The summed E-state index contributed by atoms with van der Waals surface area (Å²) in [6, 6.07) is 0. The highest BCUT2D eigenvalue weighted by Crippen LogP contribution is 2.15. The van der Waals surface area contributed by atoms with Gasteiger partial charge >= 0.3 is 5.95 Å². The molecule has 60 valence electrons. The van der Waals surface area contributed by atoms with Crippen molar-refractivity contribution in [1.29, 1.82) is 0 Å². The molecule has 0 bridgehead atoms. The number of ether oxygens (including phenoxy) is 2. The number of rotatable bonds is 4. The second kappa shape index (κ2) is 5.69. The van der Waals surface area contributed by atoms with Crippen molar-refractivity contribution in [2.24, 2.45) is 0 Å². The van der Waals surface area contributed by atoms with Gasteiger partial charge in [0.1, 0.15) is 0 Å². The summed E-state index contributed by atoms with van der Waals surface area (Å²) in [7, 11) is 0. The van der Waals surface area contributed by atoms with E-state index in [9.17, 15) is 0 Å². The van der Waals surface area contributed by atoms with Gasteiger partial charge in [-0.2, -0.15) is 0 Å². The van der Waals surface area contributed by atoms with Crippen molar-refractivity contribution in [3.63, 3.8) is 0 Å². The maximum absolute atomic E-state index is 5.40. The van der Waals surface area contributed by atoms with Crippen molar-refractivity contribution >= 4 is 23.2 Å². The molecule has 0 N–H and O–H groups in total. The van der Waals surface area contributed by atoms with Gasteiger partial charge in [-0.15, -0.1) is 0 Å². The van der Waals surface area contributed by atoms with E-state index in [1.807, 2.05) is 13.8 Å². The van der Waals surface area contributed by atoms with E-state index >= 15 is 0 Å². The molecule has 0 amide bonds. The molecule has 0 unspecified atom stereocenters. The Morgan fingerprint density at radius 2 is 1.50 bits per heavy atom. The zero-order valence-electron chi connectivity index (χ0n) is 5.99. The van der Waals surface area contributed by atoms with Gasteiger partial charge in [-0.3, -0.25) is 0 Å². The van der Waals surface area contributed by atoms with Crippen molar-refractivity contribution in [3.05, 3.63) is 10.4 Å². The van der Waals surface area contributed by atoms with Gasteiger partial charge in [0, 0.05) is 0 Å². The summed E-state index contributed by atoms with van der Waals surface area (Å²) in [4.78, 5) is 0. The van der Waals surface area contributed by atoms with Gasteiger partial charge in [0.2, 0.25) is 0 Å². The van der Waals surface area contributed by atoms with E-state index in [1.165, 1.54) is 0 Å². The first-order valence-corrected chi connectivity index (χ1v) is 3.78. The van der Waals surface area contributed by atoms with Crippen molar-refractivity contribution in [2.45, 2.75) is 13.8 Å². The molecule has 0 spiro atoms. The van der Waals surface area contributed by atoms with Crippen LogP contribution in [0.1, 0.15) is 13.8 Å². The first-order chi connectivity index (χ1) is 4.72. The molecule has 0 aromatic rings. The van der Waals surface area contributed by atoms with Crippen LogP contribution in [-0.4, -0.2) is 13.2 Å². The maximum atomic E-state index is 5.40. The van der Waals surface area contributed by atoms with E-state index in [1.54, 1.807) is 0 Å². The molecule has 0 aliphatic carbocycles. The molecule has 0 aromatic carbocycles. The third-order valence-electron chi connectivity index (χ3n) is 0.705. The third kappa shape index (κ3) is 3.85. The Bertz CT molecular complexity index is 111. The van der Waals surface area contributed by atoms with Gasteiger partial charge in [-0.05, 0) is 13.8 Å². The summed E-state index contributed by atoms with van der Waals surface area (Å²) >= 11 is 10.8. The average molecular weight is 185 g/mol. The molecular weight excluding hydrogens is 175 g/mol. The highest BCUT2D eigenvalue weighted by Gasteiger charge is 2.02. The molecular formula is C6H10Cl2O2. The molecule has 0 heterocycles. The van der Waals surface area contributed by atoms with Crippen LogP contribution < -0.4 is 0 Å². The molecule has 0 saturated heterocycles. The summed E-state index contributed by atoms with van der Waals surface area (Å²) in [6.07, 6.45) is 0. The highest BCUT2D eigenvalue weighted by atomic mass is 35.5. The Morgan fingerprint density at radius 3 is 1.70 bits per heavy atom. The lowest BCUT2D eigenvalue weighted by Crippen LogP contribution is -1.97. The van der Waals surface area contributed by atoms with Crippen molar-refractivity contribution in [3.8, 4) is 0 Å². The largest absolute Gasteiger partial charge is 0.464 e. The Balaban J connectivity index is 3.86. The van der Waals surface area contributed by atoms with Gasteiger partial charge < -0.3 is 9.47 Å². The van der Waals surface area contributed by atoms with Gasteiger partial charge in [-0.25, -0.2) is 0 Å². The van der Waals surface area contributed by atoms with E-state index < -0.39 is 0 Å². The third-order valence-corrected chi connectivity index (χ3v) is 1.01. The minimum absolute atomic E-state index is 0.0312.